The Hall–Kier alpha value is -2.57. The van der Waals surface area contributed by atoms with E-state index in [0.717, 1.165) is 11.3 Å². The Morgan fingerprint density at radius 2 is 1.92 bits per heavy atom. The molecule has 0 bridgehead atoms. The molecule has 1 fully saturated rings. The van der Waals surface area contributed by atoms with Crippen molar-refractivity contribution in [1.29, 1.82) is 0 Å². The van der Waals surface area contributed by atoms with E-state index in [1.165, 1.54) is 4.90 Å². The second kappa shape index (κ2) is 8.90. The molecular weight excluding hydrogens is 308 g/mol. The van der Waals surface area contributed by atoms with Crippen molar-refractivity contribution in [2.75, 3.05) is 27.2 Å². The minimum absolute atomic E-state index is 0.0926. The van der Waals surface area contributed by atoms with Crippen molar-refractivity contribution in [3.8, 4) is 5.75 Å². The van der Waals surface area contributed by atoms with Gasteiger partial charge in [0.25, 0.3) is 0 Å². The number of methoxy groups -OCH3 is 1. The van der Waals surface area contributed by atoms with E-state index in [4.69, 9.17) is 4.74 Å². The molecular formula is C17H24N4O3. The molecule has 1 aliphatic heterocycles. The van der Waals surface area contributed by atoms with E-state index < -0.39 is 0 Å². The summed E-state index contributed by atoms with van der Waals surface area (Å²) in [5.41, 5.74) is 1.02. The number of aliphatic imine (C=N–C) groups is 1. The molecule has 7 nitrogen and oxygen atoms in total. The molecule has 0 radical (unpaired) electrons. The van der Waals surface area contributed by atoms with Crippen LogP contribution in [0.2, 0.25) is 0 Å². The van der Waals surface area contributed by atoms with E-state index in [1.54, 1.807) is 14.2 Å². The van der Waals surface area contributed by atoms with Crippen molar-refractivity contribution in [3.05, 3.63) is 29.8 Å². The van der Waals surface area contributed by atoms with Gasteiger partial charge >= 0.3 is 0 Å². The molecule has 2 rings (SSSR count). The fourth-order valence-electron chi connectivity index (χ4n) is 2.58. The first-order valence-electron chi connectivity index (χ1n) is 8.05. The molecule has 1 aromatic rings. The van der Waals surface area contributed by atoms with Gasteiger partial charge in [0.2, 0.25) is 11.8 Å². The molecule has 0 atom stereocenters. The van der Waals surface area contributed by atoms with E-state index in [1.807, 2.05) is 24.3 Å². The Bertz CT molecular complexity index is 600. The van der Waals surface area contributed by atoms with Gasteiger partial charge in [-0.05, 0) is 12.5 Å². The van der Waals surface area contributed by atoms with E-state index in [2.05, 4.69) is 15.6 Å². The maximum absolute atomic E-state index is 11.7. The van der Waals surface area contributed by atoms with Crippen LogP contribution >= 0.6 is 0 Å². The van der Waals surface area contributed by atoms with Crippen LogP contribution in [-0.2, 0) is 16.1 Å². The van der Waals surface area contributed by atoms with Gasteiger partial charge in [0.1, 0.15) is 5.75 Å². The summed E-state index contributed by atoms with van der Waals surface area (Å²) in [5.74, 6) is 1.23. The third-order valence-electron chi connectivity index (χ3n) is 3.87. The highest BCUT2D eigenvalue weighted by Crippen LogP contribution is 2.16. The molecule has 1 heterocycles. The number of para-hydroxylation sites is 1. The number of carbonyl (C=O) groups excluding carboxylic acids is 2. The number of ether oxygens (including phenoxy) is 1. The van der Waals surface area contributed by atoms with E-state index in [-0.39, 0.29) is 11.8 Å². The highest BCUT2D eigenvalue weighted by atomic mass is 16.5. The number of hydrogen-bond acceptors (Lipinski definition) is 4. The largest absolute Gasteiger partial charge is 0.496 e. The van der Waals surface area contributed by atoms with Crippen LogP contribution in [-0.4, -0.2) is 49.9 Å². The molecule has 1 saturated heterocycles. The number of benzene rings is 1. The number of likely N-dealkylation sites (tertiary alicyclic amines) is 1. The third-order valence-corrected chi connectivity index (χ3v) is 3.87. The first-order chi connectivity index (χ1) is 11.7. The van der Waals surface area contributed by atoms with Crippen molar-refractivity contribution in [2.45, 2.75) is 25.8 Å². The quantitative estimate of drug-likeness (QED) is 0.459. The van der Waals surface area contributed by atoms with Gasteiger partial charge in [-0.25, -0.2) is 0 Å². The average molecular weight is 332 g/mol. The van der Waals surface area contributed by atoms with Gasteiger partial charge in [-0.15, -0.1) is 0 Å². The lowest BCUT2D eigenvalue weighted by molar-refractivity contribution is -0.147. The maximum Gasteiger partial charge on any atom is 0.229 e. The van der Waals surface area contributed by atoms with Crippen LogP contribution in [0.5, 0.6) is 5.75 Å². The Morgan fingerprint density at radius 1 is 1.21 bits per heavy atom. The Kier molecular flexibility index (Phi) is 6.60. The molecule has 1 aliphatic rings. The predicted octanol–water partition coefficient (Wildman–Crippen LogP) is 0.899. The fraction of sp³-hybridized carbons (Fsp3) is 0.471. The Balaban J connectivity index is 1.80. The lowest BCUT2D eigenvalue weighted by Crippen LogP contribution is -2.46. The standard InChI is InChI=1S/C17H24N4O3/c1-18-17(20-12-13-6-3-4-7-14(13)24-2)19-10-11-21-15(22)8-5-9-16(21)23/h3-4,6-7H,5,8-12H2,1-2H3,(H2,18,19,20). The van der Waals surface area contributed by atoms with Crippen LogP contribution in [0.3, 0.4) is 0 Å². The van der Waals surface area contributed by atoms with Crippen molar-refractivity contribution < 1.29 is 14.3 Å². The van der Waals surface area contributed by atoms with Gasteiger partial charge in [-0.1, -0.05) is 18.2 Å². The summed E-state index contributed by atoms with van der Waals surface area (Å²) in [6, 6.07) is 7.75. The SMILES string of the molecule is CN=C(NCCN1C(=O)CCCC1=O)NCc1ccccc1OC. The summed E-state index contributed by atoms with van der Waals surface area (Å²) in [6.45, 7) is 1.38. The molecule has 130 valence electrons. The lowest BCUT2D eigenvalue weighted by atomic mass is 10.1. The molecule has 0 spiro atoms. The summed E-state index contributed by atoms with van der Waals surface area (Å²) in [6.07, 6.45) is 1.56. The van der Waals surface area contributed by atoms with Crippen LogP contribution in [0.15, 0.2) is 29.3 Å². The van der Waals surface area contributed by atoms with Crippen LogP contribution < -0.4 is 15.4 Å². The number of piperidine rings is 1. The Morgan fingerprint density at radius 3 is 2.58 bits per heavy atom. The molecule has 2 amide bonds. The summed E-state index contributed by atoms with van der Waals surface area (Å²) >= 11 is 0. The third kappa shape index (κ3) is 4.71. The van der Waals surface area contributed by atoms with Gasteiger partial charge in [0, 0.05) is 45.1 Å². The first kappa shape index (κ1) is 17.8. The van der Waals surface area contributed by atoms with Gasteiger partial charge in [0.05, 0.1) is 7.11 Å². The highest BCUT2D eigenvalue weighted by Gasteiger charge is 2.25. The second-order valence-corrected chi connectivity index (χ2v) is 5.46. The van der Waals surface area contributed by atoms with Crippen LogP contribution in [0.25, 0.3) is 0 Å². The van der Waals surface area contributed by atoms with Gasteiger partial charge < -0.3 is 15.4 Å². The van der Waals surface area contributed by atoms with E-state index in [0.29, 0.717) is 44.9 Å². The molecule has 0 aromatic heterocycles. The topological polar surface area (TPSA) is 83.0 Å². The minimum atomic E-state index is -0.0926. The molecule has 2 N–H and O–H groups in total. The molecule has 7 heteroatoms. The maximum atomic E-state index is 11.7. The summed E-state index contributed by atoms with van der Waals surface area (Å²) < 4.78 is 5.31. The number of carbonyl (C=O) groups is 2. The number of nitrogens with one attached hydrogen (secondary N) is 2. The number of guanidine groups is 1. The highest BCUT2D eigenvalue weighted by molar-refractivity contribution is 5.97. The van der Waals surface area contributed by atoms with Crippen LogP contribution in [0.1, 0.15) is 24.8 Å². The normalized spacial score (nSPS) is 15.4. The van der Waals surface area contributed by atoms with Crippen molar-refractivity contribution >= 4 is 17.8 Å². The summed E-state index contributed by atoms with van der Waals surface area (Å²) in [7, 11) is 3.31. The van der Waals surface area contributed by atoms with E-state index >= 15 is 0 Å². The molecule has 0 aliphatic carbocycles. The molecule has 0 saturated carbocycles. The molecule has 24 heavy (non-hydrogen) atoms. The van der Waals surface area contributed by atoms with Crippen molar-refractivity contribution in [2.24, 2.45) is 4.99 Å². The fourth-order valence-corrected chi connectivity index (χ4v) is 2.58. The van der Waals surface area contributed by atoms with E-state index in [9.17, 15) is 9.59 Å². The summed E-state index contributed by atoms with van der Waals surface area (Å²) in [4.78, 5) is 29.0. The van der Waals surface area contributed by atoms with Crippen LogP contribution in [0.4, 0.5) is 0 Å². The monoisotopic (exact) mass is 332 g/mol. The van der Waals surface area contributed by atoms with Crippen molar-refractivity contribution in [1.82, 2.24) is 15.5 Å². The zero-order valence-corrected chi connectivity index (χ0v) is 14.2. The van der Waals surface area contributed by atoms with Crippen LogP contribution in [0, 0.1) is 0 Å². The second-order valence-electron chi connectivity index (χ2n) is 5.46. The smallest absolute Gasteiger partial charge is 0.229 e. The molecule has 1 aromatic carbocycles. The minimum Gasteiger partial charge on any atom is -0.496 e. The first-order valence-corrected chi connectivity index (χ1v) is 8.05. The number of amides is 2. The average Bonchev–Trinajstić information content (AvgIpc) is 2.60. The zero-order chi connectivity index (χ0) is 17.4. The van der Waals surface area contributed by atoms with Gasteiger partial charge in [-0.3, -0.25) is 19.5 Å². The Labute approximate surface area is 142 Å². The van der Waals surface area contributed by atoms with Gasteiger partial charge in [0.15, 0.2) is 5.96 Å². The predicted molar refractivity (Wildman–Crippen MR) is 91.8 cm³/mol. The van der Waals surface area contributed by atoms with Gasteiger partial charge in [-0.2, -0.15) is 0 Å². The number of imide groups is 1. The number of hydrogen-bond donors (Lipinski definition) is 2. The lowest BCUT2D eigenvalue weighted by Gasteiger charge is -2.25. The number of nitrogens with zero attached hydrogens (tertiary/aromatic N) is 2. The summed E-state index contributed by atoms with van der Waals surface area (Å²) in [5, 5.41) is 6.31. The molecule has 0 unspecified atom stereocenters. The zero-order valence-electron chi connectivity index (χ0n) is 14.2. The number of rotatable bonds is 6. The van der Waals surface area contributed by atoms with Crippen molar-refractivity contribution in [3.63, 3.8) is 0 Å².